The highest BCUT2D eigenvalue weighted by Gasteiger charge is 2.65. The van der Waals surface area contributed by atoms with Gasteiger partial charge in [-0.25, -0.2) is 0 Å². The van der Waals surface area contributed by atoms with Crippen LogP contribution in [0.25, 0.3) is 0 Å². The normalized spacial score (nSPS) is 51.0. The lowest BCUT2D eigenvalue weighted by molar-refractivity contribution is -0.259. The molecule has 3 aliphatic rings. The molecule has 0 aliphatic heterocycles. The van der Waals surface area contributed by atoms with Gasteiger partial charge in [0.15, 0.2) is 0 Å². The Kier molecular flexibility index (Phi) is 2.52. The zero-order valence-electron chi connectivity index (χ0n) is 11.8. The Morgan fingerprint density at radius 2 is 1.69 bits per heavy atom. The lowest BCUT2D eigenvalue weighted by atomic mass is 9.39. The third-order valence-electron chi connectivity index (χ3n) is 6.56. The zero-order valence-corrected chi connectivity index (χ0v) is 11.8. The predicted octanol–water partition coefficient (Wildman–Crippen LogP) is 3.86. The van der Waals surface area contributed by atoms with Gasteiger partial charge in [0.05, 0.1) is 5.60 Å². The van der Waals surface area contributed by atoms with Crippen molar-refractivity contribution in [3.8, 4) is 0 Å². The van der Waals surface area contributed by atoms with Crippen molar-refractivity contribution in [1.82, 2.24) is 0 Å². The van der Waals surface area contributed by atoms with Crippen molar-refractivity contribution in [2.75, 3.05) is 0 Å². The molecule has 0 radical (unpaired) electrons. The fourth-order valence-corrected chi connectivity index (χ4v) is 4.75. The third-order valence-corrected chi connectivity index (χ3v) is 6.56. The van der Waals surface area contributed by atoms with Gasteiger partial charge in [0.1, 0.15) is 0 Å². The van der Waals surface area contributed by atoms with Crippen LogP contribution in [0.5, 0.6) is 0 Å². The summed E-state index contributed by atoms with van der Waals surface area (Å²) in [7, 11) is 0. The second-order valence-corrected chi connectivity index (χ2v) is 7.53. The molecule has 3 rings (SSSR count). The van der Waals surface area contributed by atoms with Crippen LogP contribution in [-0.4, -0.2) is 10.7 Å². The summed E-state index contributed by atoms with van der Waals surface area (Å²) in [5.74, 6) is 2.08. The summed E-state index contributed by atoms with van der Waals surface area (Å²) in [5, 5.41) is 11.1. The van der Waals surface area contributed by atoms with Gasteiger partial charge in [-0.3, -0.25) is 0 Å². The number of hydrogen-bond acceptors (Lipinski definition) is 1. The highest BCUT2D eigenvalue weighted by atomic mass is 16.3. The van der Waals surface area contributed by atoms with Gasteiger partial charge in [0, 0.05) is 0 Å². The van der Waals surface area contributed by atoms with E-state index in [1.54, 1.807) is 0 Å². The summed E-state index contributed by atoms with van der Waals surface area (Å²) in [5.41, 5.74) is -0.332. The Balaban J connectivity index is 2.46. The minimum absolute atomic E-state index is 0.0748. The van der Waals surface area contributed by atoms with Crippen LogP contribution in [0.15, 0.2) is 0 Å². The van der Waals surface area contributed by atoms with Gasteiger partial charge in [-0.05, 0) is 54.8 Å². The van der Waals surface area contributed by atoms with E-state index in [2.05, 4.69) is 41.5 Å². The first kappa shape index (κ1) is 12.4. The first-order chi connectivity index (χ1) is 7.14. The molecule has 0 spiro atoms. The number of hydrogen-bond donors (Lipinski definition) is 1. The van der Waals surface area contributed by atoms with Crippen molar-refractivity contribution in [2.24, 2.45) is 28.6 Å². The molecule has 0 amide bonds. The summed E-state index contributed by atoms with van der Waals surface area (Å²) in [6.07, 6.45) is 3.83. The molecule has 1 nitrogen and oxygen atoms in total. The van der Waals surface area contributed by atoms with E-state index in [0.717, 1.165) is 0 Å². The molecule has 1 N–H and O–H groups in total. The Hall–Kier alpha value is -0.0400. The maximum Gasteiger partial charge on any atom is 0.0729 e. The second kappa shape index (κ2) is 3.25. The van der Waals surface area contributed by atoms with Crippen molar-refractivity contribution in [2.45, 2.75) is 66.4 Å². The highest BCUT2D eigenvalue weighted by molar-refractivity contribution is 5.15. The van der Waals surface area contributed by atoms with Gasteiger partial charge in [-0.1, -0.05) is 34.6 Å². The van der Waals surface area contributed by atoms with Crippen LogP contribution in [0.3, 0.4) is 0 Å². The van der Waals surface area contributed by atoms with Crippen molar-refractivity contribution in [3.63, 3.8) is 0 Å². The van der Waals surface area contributed by atoms with Crippen LogP contribution >= 0.6 is 0 Å². The molecule has 0 heterocycles. The van der Waals surface area contributed by atoms with Crippen molar-refractivity contribution in [3.05, 3.63) is 0 Å². The molecule has 3 fully saturated rings. The lowest BCUT2D eigenvalue weighted by Gasteiger charge is -2.68. The minimum Gasteiger partial charge on any atom is -0.389 e. The Bertz CT molecular complexity index is 290. The maximum absolute atomic E-state index is 11.1. The van der Waals surface area contributed by atoms with E-state index in [9.17, 15) is 5.11 Å². The molecule has 2 bridgehead atoms. The molecule has 94 valence electrons. The smallest absolute Gasteiger partial charge is 0.0729 e. The van der Waals surface area contributed by atoms with E-state index in [-0.39, 0.29) is 10.8 Å². The molecule has 0 saturated heterocycles. The fraction of sp³-hybridized carbons (Fsp3) is 1.00. The lowest BCUT2D eigenvalue weighted by Crippen LogP contribution is -2.67. The average Bonchev–Trinajstić information content (AvgIpc) is 2.14. The summed E-state index contributed by atoms with van der Waals surface area (Å²) in [6, 6.07) is 0. The van der Waals surface area contributed by atoms with Crippen LogP contribution in [-0.2, 0) is 0 Å². The molecule has 0 aromatic carbocycles. The van der Waals surface area contributed by atoms with Gasteiger partial charge in [0.25, 0.3) is 0 Å². The SMILES string of the molecule is CC(C)C1CC2CCC1(C)C(C)(O)C2(C)C. The molecule has 4 unspecified atom stereocenters. The monoisotopic (exact) mass is 224 g/mol. The van der Waals surface area contributed by atoms with Crippen LogP contribution in [0.1, 0.15) is 60.8 Å². The number of rotatable bonds is 1. The van der Waals surface area contributed by atoms with Crippen LogP contribution in [0.4, 0.5) is 0 Å². The van der Waals surface area contributed by atoms with Crippen molar-refractivity contribution < 1.29 is 5.11 Å². The first-order valence-corrected chi connectivity index (χ1v) is 6.87. The third kappa shape index (κ3) is 1.21. The maximum atomic E-state index is 11.1. The van der Waals surface area contributed by atoms with Gasteiger partial charge in [-0.15, -0.1) is 0 Å². The zero-order chi connectivity index (χ0) is 12.4. The summed E-state index contributed by atoms with van der Waals surface area (Å²) >= 11 is 0. The summed E-state index contributed by atoms with van der Waals surface area (Å²) < 4.78 is 0. The topological polar surface area (TPSA) is 20.2 Å². The summed E-state index contributed by atoms with van der Waals surface area (Å²) in [4.78, 5) is 0. The minimum atomic E-state index is -0.518. The van der Waals surface area contributed by atoms with Crippen LogP contribution < -0.4 is 0 Å². The molecule has 3 aliphatic carbocycles. The van der Waals surface area contributed by atoms with E-state index in [4.69, 9.17) is 0 Å². The molecule has 16 heavy (non-hydrogen) atoms. The van der Waals surface area contributed by atoms with E-state index in [0.29, 0.717) is 17.8 Å². The van der Waals surface area contributed by atoms with E-state index < -0.39 is 5.60 Å². The quantitative estimate of drug-likeness (QED) is 0.717. The molecule has 1 heteroatoms. The van der Waals surface area contributed by atoms with Gasteiger partial charge < -0.3 is 5.11 Å². The molecule has 3 saturated carbocycles. The van der Waals surface area contributed by atoms with Crippen molar-refractivity contribution >= 4 is 0 Å². The average molecular weight is 224 g/mol. The Morgan fingerprint density at radius 3 is 2.19 bits per heavy atom. The molecule has 0 aromatic heterocycles. The highest BCUT2D eigenvalue weighted by Crippen LogP contribution is 2.67. The standard InChI is InChI=1S/C15H28O/c1-10(2)12-9-11-7-8-14(12,5)15(6,16)13(11,3)4/h10-12,16H,7-9H2,1-6H3. The Labute approximate surface area is 101 Å². The molecule has 0 aromatic rings. The molecule has 4 atom stereocenters. The predicted molar refractivity (Wildman–Crippen MR) is 68.2 cm³/mol. The number of aliphatic hydroxyl groups is 1. The summed E-state index contributed by atoms with van der Waals surface area (Å²) in [6.45, 7) is 13.6. The van der Waals surface area contributed by atoms with Gasteiger partial charge in [0.2, 0.25) is 0 Å². The second-order valence-electron chi connectivity index (χ2n) is 7.53. The molecular weight excluding hydrogens is 196 g/mol. The van der Waals surface area contributed by atoms with Gasteiger partial charge in [-0.2, -0.15) is 0 Å². The molecular formula is C15H28O. The van der Waals surface area contributed by atoms with E-state index >= 15 is 0 Å². The van der Waals surface area contributed by atoms with Gasteiger partial charge >= 0.3 is 0 Å². The van der Waals surface area contributed by atoms with Crippen LogP contribution in [0.2, 0.25) is 0 Å². The van der Waals surface area contributed by atoms with Crippen LogP contribution in [0, 0.1) is 28.6 Å². The first-order valence-electron chi connectivity index (χ1n) is 6.87. The largest absolute Gasteiger partial charge is 0.389 e. The fourth-order valence-electron chi connectivity index (χ4n) is 4.75. The van der Waals surface area contributed by atoms with E-state index in [1.807, 2.05) is 0 Å². The Morgan fingerprint density at radius 1 is 1.12 bits per heavy atom. The van der Waals surface area contributed by atoms with E-state index in [1.165, 1.54) is 19.3 Å². The number of fused-ring (bicyclic) bond motifs is 3. The van der Waals surface area contributed by atoms with Crippen molar-refractivity contribution in [1.29, 1.82) is 0 Å².